The molecule has 1 heterocycles. The summed E-state index contributed by atoms with van der Waals surface area (Å²) in [5.74, 6) is 2.60. The molecule has 128 valence electrons. The molecule has 2 aliphatic carbocycles. The molecule has 0 spiro atoms. The van der Waals surface area contributed by atoms with Crippen LogP contribution in [0.3, 0.4) is 0 Å². The summed E-state index contributed by atoms with van der Waals surface area (Å²) in [6, 6.07) is 0.460. The molecule has 0 aromatic carbocycles. The van der Waals surface area contributed by atoms with Gasteiger partial charge in [0, 0.05) is 25.0 Å². The van der Waals surface area contributed by atoms with Gasteiger partial charge in [0.25, 0.3) is 0 Å². The van der Waals surface area contributed by atoms with Gasteiger partial charge in [0.1, 0.15) is 0 Å². The van der Waals surface area contributed by atoms with Crippen molar-refractivity contribution in [3.8, 4) is 0 Å². The van der Waals surface area contributed by atoms with Gasteiger partial charge in [0.05, 0.1) is 0 Å². The van der Waals surface area contributed by atoms with Crippen LogP contribution in [0.1, 0.15) is 64.7 Å². The minimum atomic E-state index is 0. The van der Waals surface area contributed by atoms with Crippen LogP contribution < -0.4 is 5.32 Å². The normalized spacial score (nSPS) is 34.6. The monoisotopic (exact) mass is 328 g/mol. The van der Waals surface area contributed by atoms with Crippen molar-refractivity contribution in [2.24, 2.45) is 17.8 Å². The van der Waals surface area contributed by atoms with Crippen molar-refractivity contribution in [1.29, 1.82) is 0 Å². The van der Waals surface area contributed by atoms with Gasteiger partial charge in [-0.05, 0) is 50.5 Å². The van der Waals surface area contributed by atoms with Crippen LogP contribution in [-0.2, 0) is 4.79 Å². The summed E-state index contributed by atoms with van der Waals surface area (Å²) < 4.78 is 0. The number of halogens is 1. The lowest BCUT2D eigenvalue weighted by Crippen LogP contribution is -2.46. The van der Waals surface area contributed by atoms with E-state index >= 15 is 0 Å². The van der Waals surface area contributed by atoms with E-state index in [2.05, 4.69) is 17.1 Å². The molecule has 3 nitrogen and oxygen atoms in total. The number of hydrogen-bond acceptors (Lipinski definition) is 2. The minimum absolute atomic E-state index is 0. The van der Waals surface area contributed by atoms with Gasteiger partial charge < -0.3 is 10.2 Å². The van der Waals surface area contributed by atoms with Crippen LogP contribution >= 0.6 is 12.4 Å². The molecule has 3 rings (SSSR count). The Kier molecular flexibility index (Phi) is 7.01. The standard InChI is InChI=1S/C18H32N2O.ClH/c1-2-11-20(17-9-10-19-13-17)18(21)16-8-7-14-5-3-4-6-15(14)12-16;/h14-17,19H,2-13H2,1H3;1H. The largest absolute Gasteiger partial charge is 0.338 e. The predicted octanol–water partition coefficient (Wildman–Crippen LogP) is 3.62. The fourth-order valence-electron chi connectivity index (χ4n) is 4.95. The first-order valence-corrected chi connectivity index (χ1v) is 9.30. The summed E-state index contributed by atoms with van der Waals surface area (Å²) in [6.45, 7) is 5.23. The van der Waals surface area contributed by atoms with E-state index in [1.165, 1.54) is 38.5 Å². The lowest BCUT2D eigenvalue weighted by atomic mass is 9.67. The molecule has 4 unspecified atom stereocenters. The summed E-state index contributed by atoms with van der Waals surface area (Å²) in [6.07, 6.45) is 11.5. The highest BCUT2D eigenvalue weighted by molar-refractivity contribution is 5.85. The molecular weight excluding hydrogens is 296 g/mol. The average Bonchev–Trinajstić information content (AvgIpc) is 3.05. The average molecular weight is 329 g/mol. The van der Waals surface area contributed by atoms with Crippen LogP contribution in [-0.4, -0.2) is 36.5 Å². The zero-order chi connectivity index (χ0) is 14.7. The fourth-order valence-corrected chi connectivity index (χ4v) is 4.95. The molecule has 3 fully saturated rings. The molecule has 1 amide bonds. The first-order chi connectivity index (χ1) is 10.3. The number of fused-ring (bicyclic) bond motifs is 1. The Morgan fingerprint density at radius 3 is 2.55 bits per heavy atom. The first-order valence-electron chi connectivity index (χ1n) is 9.30. The molecule has 2 saturated carbocycles. The molecule has 22 heavy (non-hydrogen) atoms. The Hall–Kier alpha value is -0.280. The summed E-state index contributed by atoms with van der Waals surface area (Å²) in [5, 5.41) is 3.42. The lowest BCUT2D eigenvalue weighted by molar-refractivity contribution is -0.140. The van der Waals surface area contributed by atoms with E-state index in [1.54, 1.807) is 0 Å². The Morgan fingerprint density at radius 1 is 1.09 bits per heavy atom. The van der Waals surface area contributed by atoms with Crippen molar-refractivity contribution in [2.75, 3.05) is 19.6 Å². The second-order valence-corrected chi connectivity index (χ2v) is 7.49. The van der Waals surface area contributed by atoms with Gasteiger partial charge in [-0.25, -0.2) is 0 Å². The van der Waals surface area contributed by atoms with Crippen molar-refractivity contribution in [1.82, 2.24) is 10.2 Å². The van der Waals surface area contributed by atoms with Gasteiger partial charge in [-0.2, -0.15) is 0 Å². The van der Waals surface area contributed by atoms with Crippen molar-refractivity contribution in [3.05, 3.63) is 0 Å². The Balaban J connectivity index is 0.00000176. The summed E-state index contributed by atoms with van der Waals surface area (Å²) in [7, 11) is 0. The third-order valence-electron chi connectivity index (χ3n) is 6.11. The summed E-state index contributed by atoms with van der Waals surface area (Å²) in [5.41, 5.74) is 0. The number of nitrogens with zero attached hydrogens (tertiary/aromatic N) is 1. The van der Waals surface area contributed by atoms with Gasteiger partial charge in [-0.1, -0.05) is 32.6 Å². The third-order valence-corrected chi connectivity index (χ3v) is 6.11. The maximum Gasteiger partial charge on any atom is 0.225 e. The summed E-state index contributed by atoms with van der Waals surface area (Å²) >= 11 is 0. The second-order valence-electron chi connectivity index (χ2n) is 7.49. The second kappa shape index (κ2) is 8.54. The van der Waals surface area contributed by atoms with E-state index < -0.39 is 0 Å². The van der Waals surface area contributed by atoms with Crippen molar-refractivity contribution >= 4 is 18.3 Å². The highest BCUT2D eigenvalue weighted by atomic mass is 35.5. The van der Waals surface area contributed by atoms with E-state index in [4.69, 9.17) is 0 Å². The molecular formula is C18H33ClN2O. The predicted molar refractivity (Wildman–Crippen MR) is 93.3 cm³/mol. The highest BCUT2D eigenvalue weighted by Gasteiger charge is 2.38. The van der Waals surface area contributed by atoms with E-state index in [1.807, 2.05) is 0 Å². The van der Waals surface area contributed by atoms with E-state index in [0.29, 0.717) is 17.9 Å². The van der Waals surface area contributed by atoms with Crippen LogP contribution in [0.2, 0.25) is 0 Å². The number of rotatable bonds is 4. The van der Waals surface area contributed by atoms with Crippen LogP contribution in [0.5, 0.6) is 0 Å². The van der Waals surface area contributed by atoms with E-state index in [9.17, 15) is 4.79 Å². The van der Waals surface area contributed by atoms with Crippen molar-refractivity contribution < 1.29 is 4.79 Å². The van der Waals surface area contributed by atoms with Crippen LogP contribution in [0.15, 0.2) is 0 Å². The summed E-state index contributed by atoms with van der Waals surface area (Å²) in [4.78, 5) is 15.3. The van der Waals surface area contributed by atoms with Crippen LogP contribution in [0, 0.1) is 17.8 Å². The number of carbonyl (C=O) groups excluding carboxylic acids is 1. The number of carbonyl (C=O) groups is 1. The molecule has 0 aromatic heterocycles. The maximum atomic E-state index is 13.0. The topological polar surface area (TPSA) is 32.3 Å². The van der Waals surface area contributed by atoms with Gasteiger partial charge in [0.15, 0.2) is 0 Å². The van der Waals surface area contributed by atoms with Gasteiger partial charge in [-0.15, -0.1) is 12.4 Å². The van der Waals surface area contributed by atoms with E-state index in [0.717, 1.165) is 50.7 Å². The van der Waals surface area contributed by atoms with Gasteiger partial charge in [0.2, 0.25) is 5.91 Å². The SMILES string of the molecule is CCCN(C(=O)C1CCC2CCCCC2C1)C1CCNC1.Cl. The Morgan fingerprint density at radius 2 is 1.86 bits per heavy atom. The molecule has 3 aliphatic rings. The maximum absolute atomic E-state index is 13.0. The number of hydrogen-bond donors (Lipinski definition) is 1. The molecule has 1 saturated heterocycles. The Labute approximate surface area is 142 Å². The third kappa shape index (κ3) is 3.97. The number of nitrogens with one attached hydrogen (secondary N) is 1. The van der Waals surface area contributed by atoms with E-state index in [-0.39, 0.29) is 12.4 Å². The quantitative estimate of drug-likeness (QED) is 0.855. The van der Waals surface area contributed by atoms with Gasteiger partial charge >= 0.3 is 0 Å². The molecule has 1 aliphatic heterocycles. The molecule has 0 bridgehead atoms. The van der Waals surface area contributed by atoms with Crippen LogP contribution in [0.4, 0.5) is 0 Å². The zero-order valence-corrected chi connectivity index (χ0v) is 14.9. The van der Waals surface area contributed by atoms with Crippen molar-refractivity contribution in [2.45, 2.75) is 70.8 Å². The first kappa shape index (κ1) is 18.1. The van der Waals surface area contributed by atoms with Crippen molar-refractivity contribution in [3.63, 3.8) is 0 Å². The molecule has 4 atom stereocenters. The molecule has 0 aromatic rings. The fraction of sp³-hybridized carbons (Fsp3) is 0.944. The molecule has 4 heteroatoms. The molecule has 0 radical (unpaired) electrons. The lowest BCUT2D eigenvalue weighted by Gasteiger charge is -2.41. The zero-order valence-electron chi connectivity index (χ0n) is 14.1. The minimum Gasteiger partial charge on any atom is -0.338 e. The smallest absolute Gasteiger partial charge is 0.225 e. The number of amides is 1. The Bertz CT molecular complexity index is 357. The molecule has 1 N–H and O–H groups in total. The van der Waals surface area contributed by atoms with Gasteiger partial charge in [-0.3, -0.25) is 4.79 Å². The highest BCUT2D eigenvalue weighted by Crippen LogP contribution is 2.43. The van der Waals surface area contributed by atoms with Crippen LogP contribution in [0.25, 0.3) is 0 Å².